The van der Waals surface area contributed by atoms with Crippen molar-refractivity contribution in [1.82, 2.24) is 0 Å². The maximum Gasteiger partial charge on any atom is 0.347 e. The van der Waals surface area contributed by atoms with Gasteiger partial charge in [0.2, 0.25) is 11.4 Å². The van der Waals surface area contributed by atoms with Gasteiger partial charge in [0.25, 0.3) is 0 Å². The molecule has 1 aliphatic rings. The predicted octanol–water partition coefficient (Wildman–Crippen LogP) is 2.67. The van der Waals surface area contributed by atoms with Crippen molar-refractivity contribution in [2.24, 2.45) is 0 Å². The Hall–Kier alpha value is -1.68. The molecule has 0 spiro atoms. The standard InChI is InChI=1S/C17H22O4/c1-4-16(5-2,6-3)21-15(19)17(20)11-12-9-7-8-10-13(12)14(17)18/h7-10,20H,4-6,11H2,1-3H3. The summed E-state index contributed by atoms with van der Waals surface area (Å²) >= 11 is 0. The Labute approximate surface area is 125 Å². The van der Waals surface area contributed by atoms with Crippen LogP contribution in [0.2, 0.25) is 0 Å². The molecule has 0 heterocycles. The van der Waals surface area contributed by atoms with Crippen molar-refractivity contribution in [3.63, 3.8) is 0 Å². The number of Topliss-reactive ketones (excluding diaryl/α,β-unsaturated/α-hetero) is 1. The van der Waals surface area contributed by atoms with Crippen LogP contribution in [0.5, 0.6) is 0 Å². The maximum absolute atomic E-state index is 12.4. The number of esters is 1. The van der Waals surface area contributed by atoms with Gasteiger partial charge >= 0.3 is 5.97 Å². The number of carbonyl (C=O) groups is 2. The first-order valence-corrected chi connectivity index (χ1v) is 7.51. The SMILES string of the molecule is CCC(CC)(CC)OC(=O)C1(O)Cc2ccccc2C1=O. The Morgan fingerprint density at radius 3 is 2.33 bits per heavy atom. The van der Waals surface area contributed by atoms with Crippen molar-refractivity contribution < 1.29 is 19.4 Å². The van der Waals surface area contributed by atoms with Crippen LogP contribution in [0.15, 0.2) is 24.3 Å². The Bertz CT molecular complexity index is 551. The van der Waals surface area contributed by atoms with Gasteiger partial charge in [-0.3, -0.25) is 4.79 Å². The Morgan fingerprint density at radius 2 is 1.81 bits per heavy atom. The van der Waals surface area contributed by atoms with E-state index in [2.05, 4.69) is 0 Å². The number of hydrogen-bond donors (Lipinski definition) is 1. The fourth-order valence-corrected chi connectivity index (χ4v) is 2.89. The van der Waals surface area contributed by atoms with Crippen molar-refractivity contribution in [1.29, 1.82) is 0 Å². The lowest BCUT2D eigenvalue weighted by Gasteiger charge is -2.33. The van der Waals surface area contributed by atoms with Crippen molar-refractivity contribution in [2.45, 2.75) is 57.7 Å². The van der Waals surface area contributed by atoms with E-state index >= 15 is 0 Å². The Kier molecular flexibility index (Phi) is 4.19. The first-order chi connectivity index (χ1) is 9.92. The van der Waals surface area contributed by atoms with Crippen molar-refractivity contribution in [2.75, 3.05) is 0 Å². The Morgan fingerprint density at radius 1 is 1.24 bits per heavy atom. The van der Waals surface area contributed by atoms with Gasteiger partial charge in [-0.1, -0.05) is 45.0 Å². The van der Waals surface area contributed by atoms with E-state index in [4.69, 9.17) is 4.74 Å². The minimum atomic E-state index is -2.07. The van der Waals surface area contributed by atoms with Crippen LogP contribution in [0.1, 0.15) is 56.0 Å². The third-order valence-corrected chi connectivity index (χ3v) is 4.66. The molecule has 0 aromatic heterocycles. The highest BCUT2D eigenvalue weighted by Gasteiger charge is 2.52. The molecule has 1 aromatic rings. The number of carbonyl (C=O) groups excluding carboxylic acids is 2. The first-order valence-electron chi connectivity index (χ1n) is 7.51. The zero-order chi connectivity index (χ0) is 15.7. The lowest BCUT2D eigenvalue weighted by molar-refractivity contribution is -0.177. The third-order valence-electron chi connectivity index (χ3n) is 4.66. The molecular weight excluding hydrogens is 268 g/mol. The summed E-state index contributed by atoms with van der Waals surface area (Å²) in [4.78, 5) is 24.8. The van der Waals surface area contributed by atoms with E-state index in [1.54, 1.807) is 24.3 Å². The molecule has 0 saturated carbocycles. The highest BCUT2D eigenvalue weighted by molar-refractivity contribution is 6.18. The van der Waals surface area contributed by atoms with Crippen LogP contribution in [0, 0.1) is 0 Å². The zero-order valence-corrected chi connectivity index (χ0v) is 12.8. The number of fused-ring (bicyclic) bond motifs is 1. The molecule has 0 amide bonds. The van der Waals surface area contributed by atoms with E-state index in [0.29, 0.717) is 30.4 Å². The van der Waals surface area contributed by atoms with Gasteiger partial charge in [-0.2, -0.15) is 0 Å². The molecule has 0 radical (unpaired) electrons. The summed E-state index contributed by atoms with van der Waals surface area (Å²) < 4.78 is 5.56. The van der Waals surface area contributed by atoms with E-state index in [1.807, 2.05) is 20.8 Å². The number of ether oxygens (including phenoxy) is 1. The number of hydrogen-bond acceptors (Lipinski definition) is 4. The van der Waals surface area contributed by atoms with Crippen LogP contribution >= 0.6 is 0 Å². The van der Waals surface area contributed by atoms with Crippen LogP contribution < -0.4 is 0 Å². The molecule has 4 nitrogen and oxygen atoms in total. The molecule has 114 valence electrons. The highest BCUT2D eigenvalue weighted by atomic mass is 16.6. The first kappa shape index (κ1) is 15.7. The number of aliphatic hydroxyl groups is 1. The van der Waals surface area contributed by atoms with Crippen molar-refractivity contribution in [3.8, 4) is 0 Å². The molecule has 1 N–H and O–H groups in total. The summed E-state index contributed by atoms with van der Waals surface area (Å²) in [5, 5.41) is 10.6. The Balaban J connectivity index is 2.27. The average Bonchev–Trinajstić information content (AvgIpc) is 2.78. The lowest BCUT2D eigenvalue weighted by Crippen LogP contribution is -2.49. The molecule has 4 heteroatoms. The van der Waals surface area contributed by atoms with Crippen LogP contribution in [0.3, 0.4) is 0 Å². The van der Waals surface area contributed by atoms with Crippen molar-refractivity contribution in [3.05, 3.63) is 35.4 Å². The average molecular weight is 290 g/mol. The summed E-state index contributed by atoms with van der Waals surface area (Å²) in [5.74, 6) is -1.38. The number of benzene rings is 1. The number of rotatable bonds is 5. The minimum Gasteiger partial charge on any atom is -0.457 e. The maximum atomic E-state index is 12.4. The predicted molar refractivity (Wildman–Crippen MR) is 79.1 cm³/mol. The van der Waals surface area contributed by atoms with E-state index in [1.165, 1.54) is 0 Å². The van der Waals surface area contributed by atoms with E-state index < -0.39 is 23.0 Å². The molecule has 21 heavy (non-hydrogen) atoms. The van der Waals surface area contributed by atoms with Gasteiger partial charge in [-0.15, -0.1) is 0 Å². The molecule has 0 bridgehead atoms. The summed E-state index contributed by atoms with van der Waals surface area (Å²) in [6.07, 6.45) is 1.96. The van der Waals surface area contributed by atoms with E-state index in [9.17, 15) is 14.7 Å². The second kappa shape index (κ2) is 5.60. The monoisotopic (exact) mass is 290 g/mol. The third kappa shape index (κ3) is 2.48. The quantitative estimate of drug-likeness (QED) is 0.669. The molecule has 0 fully saturated rings. The molecule has 2 rings (SSSR count). The molecular formula is C17H22O4. The second-order valence-corrected chi connectivity index (χ2v) is 5.66. The van der Waals surface area contributed by atoms with Gasteiger partial charge in [-0.05, 0) is 24.8 Å². The highest BCUT2D eigenvalue weighted by Crippen LogP contribution is 2.34. The van der Waals surface area contributed by atoms with Crippen molar-refractivity contribution >= 4 is 11.8 Å². The molecule has 0 aliphatic heterocycles. The molecule has 0 saturated heterocycles. The summed E-state index contributed by atoms with van der Waals surface area (Å²) in [6.45, 7) is 5.82. The van der Waals surface area contributed by atoms with Crippen LogP contribution in [0.25, 0.3) is 0 Å². The zero-order valence-electron chi connectivity index (χ0n) is 12.8. The van der Waals surface area contributed by atoms with Gasteiger partial charge in [-0.25, -0.2) is 4.79 Å². The van der Waals surface area contributed by atoms with E-state index in [-0.39, 0.29) is 6.42 Å². The second-order valence-electron chi connectivity index (χ2n) is 5.66. The van der Waals surface area contributed by atoms with Gasteiger partial charge in [0.15, 0.2) is 0 Å². The topological polar surface area (TPSA) is 63.6 Å². The van der Waals surface area contributed by atoms with Gasteiger partial charge in [0.05, 0.1) is 0 Å². The fraction of sp³-hybridized carbons (Fsp3) is 0.529. The van der Waals surface area contributed by atoms with Gasteiger partial charge in [0, 0.05) is 12.0 Å². The molecule has 1 aliphatic carbocycles. The summed E-state index contributed by atoms with van der Waals surface area (Å²) in [7, 11) is 0. The normalized spacial score (nSPS) is 21.2. The van der Waals surface area contributed by atoms with E-state index in [0.717, 1.165) is 0 Å². The van der Waals surface area contributed by atoms with Crippen LogP contribution in [-0.2, 0) is 16.0 Å². The largest absolute Gasteiger partial charge is 0.457 e. The van der Waals surface area contributed by atoms with Crippen LogP contribution in [0.4, 0.5) is 0 Å². The molecule has 1 atom stereocenters. The summed E-state index contributed by atoms with van der Waals surface area (Å²) in [6, 6.07) is 6.90. The lowest BCUT2D eigenvalue weighted by atomic mass is 9.92. The summed E-state index contributed by atoms with van der Waals surface area (Å²) in [5.41, 5.74) is -1.58. The fourth-order valence-electron chi connectivity index (χ4n) is 2.89. The molecule has 1 unspecified atom stereocenters. The number of ketones is 1. The van der Waals surface area contributed by atoms with Gasteiger partial charge < -0.3 is 9.84 Å². The van der Waals surface area contributed by atoms with Crippen LogP contribution in [-0.4, -0.2) is 28.1 Å². The van der Waals surface area contributed by atoms with Gasteiger partial charge in [0.1, 0.15) is 5.60 Å². The smallest absolute Gasteiger partial charge is 0.347 e. The molecule has 1 aromatic carbocycles. The minimum absolute atomic E-state index is 0.00589.